The highest BCUT2D eigenvalue weighted by atomic mass is 19.1. The minimum atomic E-state index is -0.208. The van der Waals surface area contributed by atoms with E-state index in [1.54, 1.807) is 6.07 Å². The third kappa shape index (κ3) is 3.98. The van der Waals surface area contributed by atoms with Gasteiger partial charge in [-0.3, -0.25) is 0 Å². The number of hydrogen-bond donors (Lipinski definition) is 1. The first-order chi connectivity index (χ1) is 8.75. The Bertz CT molecular complexity index is 375. The van der Waals surface area contributed by atoms with Crippen molar-refractivity contribution in [3.63, 3.8) is 0 Å². The molecule has 0 atom stereocenters. The van der Waals surface area contributed by atoms with Crippen LogP contribution >= 0.6 is 0 Å². The summed E-state index contributed by atoms with van der Waals surface area (Å²) in [5, 5.41) is 3.52. The Morgan fingerprint density at radius 1 is 1.28 bits per heavy atom. The Kier molecular flexibility index (Phi) is 5.00. The number of aryl methyl sites for hydroxylation is 1. The van der Waals surface area contributed by atoms with Gasteiger partial charge in [0.25, 0.3) is 0 Å². The normalized spacial score (nSPS) is 16.8. The van der Waals surface area contributed by atoms with Crippen molar-refractivity contribution >= 4 is 0 Å². The molecule has 1 saturated carbocycles. The molecular formula is C15H22FNO. The molecule has 0 radical (unpaired) electrons. The van der Waals surface area contributed by atoms with Gasteiger partial charge in [-0.05, 0) is 43.5 Å². The van der Waals surface area contributed by atoms with Crippen molar-refractivity contribution < 1.29 is 9.13 Å². The first-order valence-electron chi connectivity index (χ1n) is 6.88. The molecule has 1 aliphatic carbocycles. The summed E-state index contributed by atoms with van der Waals surface area (Å²) in [5.74, 6) is 0.571. The molecule has 0 bridgehead atoms. The van der Waals surface area contributed by atoms with Gasteiger partial charge in [0.1, 0.15) is 18.2 Å². The summed E-state index contributed by atoms with van der Waals surface area (Å²) in [7, 11) is 0. The van der Waals surface area contributed by atoms with Gasteiger partial charge in [-0.25, -0.2) is 4.39 Å². The molecule has 0 heterocycles. The highest BCUT2D eigenvalue weighted by Gasteiger charge is 2.11. The van der Waals surface area contributed by atoms with Crippen molar-refractivity contribution in [3.8, 4) is 5.75 Å². The Hall–Kier alpha value is -1.09. The molecule has 1 aromatic carbocycles. The maximum atomic E-state index is 12.9. The van der Waals surface area contributed by atoms with Crippen LogP contribution < -0.4 is 10.1 Å². The summed E-state index contributed by atoms with van der Waals surface area (Å²) in [5.41, 5.74) is 0.854. The number of ether oxygens (including phenoxy) is 1. The van der Waals surface area contributed by atoms with Gasteiger partial charge in [0.05, 0.1) is 0 Å². The van der Waals surface area contributed by atoms with E-state index in [4.69, 9.17) is 4.74 Å². The van der Waals surface area contributed by atoms with Crippen LogP contribution in [0.2, 0.25) is 0 Å². The van der Waals surface area contributed by atoms with Crippen LogP contribution in [0.5, 0.6) is 5.75 Å². The van der Waals surface area contributed by atoms with E-state index < -0.39 is 0 Å². The van der Waals surface area contributed by atoms with E-state index in [-0.39, 0.29) is 5.82 Å². The second-order valence-corrected chi connectivity index (χ2v) is 5.05. The molecule has 0 aromatic heterocycles. The molecule has 1 aliphatic rings. The summed E-state index contributed by atoms with van der Waals surface area (Å²) >= 11 is 0. The minimum Gasteiger partial charge on any atom is -0.492 e. The van der Waals surface area contributed by atoms with Gasteiger partial charge >= 0.3 is 0 Å². The van der Waals surface area contributed by atoms with E-state index >= 15 is 0 Å². The van der Waals surface area contributed by atoms with Gasteiger partial charge in [-0.15, -0.1) is 0 Å². The zero-order valence-electron chi connectivity index (χ0n) is 11.0. The number of nitrogens with one attached hydrogen (secondary N) is 1. The van der Waals surface area contributed by atoms with Crippen LogP contribution in [0, 0.1) is 12.7 Å². The van der Waals surface area contributed by atoms with Gasteiger partial charge in [0, 0.05) is 12.6 Å². The molecule has 0 amide bonds. The van der Waals surface area contributed by atoms with Gasteiger partial charge in [0.15, 0.2) is 0 Å². The topological polar surface area (TPSA) is 21.3 Å². The molecule has 0 aliphatic heterocycles. The van der Waals surface area contributed by atoms with E-state index in [0.717, 1.165) is 17.9 Å². The lowest BCUT2D eigenvalue weighted by atomic mass is 9.96. The third-order valence-electron chi connectivity index (χ3n) is 3.53. The summed E-state index contributed by atoms with van der Waals surface area (Å²) in [4.78, 5) is 0. The number of halogens is 1. The first-order valence-corrected chi connectivity index (χ1v) is 6.88. The van der Waals surface area contributed by atoms with Gasteiger partial charge in [-0.1, -0.05) is 19.3 Å². The summed E-state index contributed by atoms with van der Waals surface area (Å²) in [6.45, 7) is 3.37. The van der Waals surface area contributed by atoms with Crippen molar-refractivity contribution in [2.24, 2.45) is 0 Å². The fourth-order valence-corrected chi connectivity index (χ4v) is 2.51. The van der Waals surface area contributed by atoms with E-state index in [2.05, 4.69) is 5.32 Å². The molecule has 18 heavy (non-hydrogen) atoms. The van der Waals surface area contributed by atoms with Crippen molar-refractivity contribution in [3.05, 3.63) is 29.6 Å². The average Bonchev–Trinajstić information content (AvgIpc) is 2.38. The molecule has 1 N–H and O–H groups in total. The van der Waals surface area contributed by atoms with E-state index in [9.17, 15) is 4.39 Å². The Morgan fingerprint density at radius 2 is 2.06 bits per heavy atom. The van der Waals surface area contributed by atoms with Crippen molar-refractivity contribution in [2.45, 2.75) is 45.1 Å². The lowest BCUT2D eigenvalue weighted by molar-refractivity contribution is 0.287. The summed E-state index contributed by atoms with van der Waals surface area (Å²) in [6.07, 6.45) is 6.64. The highest BCUT2D eigenvalue weighted by molar-refractivity contribution is 5.32. The maximum Gasteiger partial charge on any atom is 0.123 e. The molecule has 2 nitrogen and oxygen atoms in total. The standard InChI is InChI=1S/C15H22FNO/c1-12-11-13(16)7-8-15(12)18-10-9-17-14-5-3-2-4-6-14/h7-8,11,14,17H,2-6,9-10H2,1H3. The monoisotopic (exact) mass is 251 g/mol. The lowest BCUT2D eigenvalue weighted by Gasteiger charge is -2.22. The van der Waals surface area contributed by atoms with E-state index in [0.29, 0.717) is 12.6 Å². The Labute approximate surface area is 109 Å². The second kappa shape index (κ2) is 6.74. The first kappa shape index (κ1) is 13.3. The molecule has 0 spiro atoms. The molecule has 0 unspecified atom stereocenters. The van der Waals surface area contributed by atoms with Gasteiger partial charge < -0.3 is 10.1 Å². The van der Waals surface area contributed by atoms with Crippen molar-refractivity contribution in [2.75, 3.05) is 13.2 Å². The zero-order chi connectivity index (χ0) is 12.8. The third-order valence-corrected chi connectivity index (χ3v) is 3.53. The lowest BCUT2D eigenvalue weighted by Crippen LogP contribution is -2.34. The molecule has 0 saturated heterocycles. The van der Waals surface area contributed by atoms with E-state index in [1.165, 1.54) is 44.2 Å². The SMILES string of the molecule is Cc1cc(F)ccc1OCCNC1CCCCC1. The predicted octanol–water partition coefficient (Wildman–Crippen LogP) is 3.44. The average molecular weight is 251 g/mol. The maximum absolute atomic E-state index is 12.9. The van der Waals surface area contributed by atoms with Crippen LogP contribution in [-0.4, -0.2) is 19.2 Å². The van der Waals surface area contributed by atoms with Gasteiger partial charge in [0.2, 0.25) is 0 Å². The summed E-state index contributed by atoms with van der Waals surface area (Å²) in [6, 6.07) is 5.31. The smallest absolute Gasteiger partial charge is 0.123 e. The molecule has 2 rings (SSSR count). The summed E-state index contributed by atoms with van der Waals surface area (Å²) < 4.78 is 18.6. The Morgan fingerprint density at radius 3 is 2.78 bits per heavy atom. The number of benzene rings is 1. The quantitative estimate of drug-likeness (QED) is 0.809. The molecule has 1 aromatic rings. The number of rotatable bonds is 5. The van der Waals surface area contributed by atoms with Crippen LogP contribution in [0.4, 0.5) is 4.39 Å². The van der Waals surface area contributed by atoms with Crippen LogP contribution in [-0.2, 0) is 0 Å². The van der Waals surface area contributed by atoms with E-state index in [1.807, 2.05) is 6.92 Å². The van der Waals surface area contributed by atoms with Crippen LogP contribution in [0.15, 0.2) is 18.2 Å². The fourth-order valence-electron chi connectivity index (χ4n) is 2.51. The van der Waals surface area contributed by atoms with Crippen LogP contribution in [0.25, 0.3) is 0 Å². The predicted molar refractivity (Wildman–Crippen MR) is 71.5 cm³/mol. The molecule has 3 heteroatoms. The molecule has 100 valence electrons. The van der Waals surface area contributed by atoms with Crippen LogP contribution in [0.3, 0.4) is 0 Å². The molecule has 1 fully saturated rings. The van der Waals surface area contributed by atoms with Crippen molar-refractivity contribution in [1.29, 1.82) is 0 Å². The highest BCUT2D eigenvalue weighted by Crippen LogP contribution is 2.19. The van der Waals surface area contributed by atoms with Crippen molar-refractivity contribution in [1.82, 2.24) is 5.32 Å². The molecular weight excluding hydrogens is 229 g/mol. The zero-order valence-corrected chi connectivity index (χ0v) is 11.0. The number of hydrogen-bond acceptors (Lipinski definition) is 2. The second-order valence-electron chi connectivity index (χ2n) is 5.05. The largest absolute Gasteiger partial charge is 0.492 e. The van der Waals surface area contributed by atoms with Gasteiger partial charge in [-0.2, -0.15) is 0 Å². The Balaban J connectivity index is 1.68. The van der Waals surface area contributed by atoms with Crippen LogP contribution in [0.1, 0.15) is 37.7 Å². The minimum absolute atomic E-state index is 0.208. The fraction of sp³-hybridized carbons (Fsp3) is 0.600.